The fourth-order valence-electron chi connectivity index (χ4n) is 3.09. The third-order valence-corrected chi connectivity index (χ3v) is 4.53. The van der Waals surface area contributed by atoms with Crippen LogP contribution >= 0.6 is 0 Å². The summed E-state index contributed by atoms with van der Waals surface area (Å²) in [6, 6.07) is 11.6. The summed E-state index contributed by atoms with van der Waals surface area (Å²) in [5, 5.41) is 9.43. The lowest BCUT2D eigenvalue weighted by Crippen LogP contribution is -2.43. The zero-order valence-electron chi connectivity index (χ0n) is 14.9. The van der Waals surface area contributed by atoms with E-state index in [0.29, 0.717) is 12.4 Å². The van der Waals surface area contributed by atoms with Crippen LogP contribution in [0.5, 0.6) is 0 Å². The summed E-state index contributed by atoms with van der Waals surface area (Å²) in [6.07, 6.45) is 1.52. The van der Waals surface area contributed by atoms with Gasteiger partial charge < -0.3 is 9.84 Å². The Hall–Kier alpha value is -2.67. The van der Waals surface area contributed by atoms with Gasteiger partial charge in [-0.05, 0) is 38.4 Å². The van der Waals surface area contributed by atoms with E-state index in [4.69, 9.17) is 4.52 Å². The molecule has 7 nitrogen and oxygen atoms in total. The maximum absolute atomic E-state index is 12.3. The van der Waals surface area contributed by atoms with Gasteiger partial charge in [0.05, 0.1) is 12.2 Å². The number of aryl methyl sites for hydroxylation is 1. The van der Waals surface area contributed by atoms with Crippen LogP contribution in [-0.4, -0.2) is 41.5 Å². The molecular weight excluding hydrogens is 332 g/mol. The number of rotatable bonds is 6. The quantitative estimate of drug-likeness (QED) is 0.826. The van der Waals surface area contributed by atoms with E-state index >= 15 is 0 Å². The topological polar surface area (TPSA) is 87.5 Å². The molecule has 138 valence electrons. The van der Waals surface area contributed by atoms with Gasteiger partial charge in [-0.3, -0.25) is 19.8 Å². The van der Waals surface area contributed by atoms with Crippen LogP contribution in [0.3, 0.4) is 0 Å². The van der Waals surface area contributed by atoms with Crippen molar-refractivity contribution in [3.8, 4) is 0 Å². The van der Waals surface area contributed by atoms with Crippen LogP contribution < -0.4 is 10.6 Å². The molecule has 2 aromatic rings. The summed E-state index contributed by atoms with van der Waals surface area (Å²) in [7, 11) is 0. The minimum Gasteiger partial charge on any atom is -0.352 e. The van der Waals surface area contributed by atoms with Crippen molar-refractivity contribution in [3.63, 3.8) is 0 Å². The molecule has 0 saturated carbocycles. The Labute approximate surface area is 152 Å². The van der Waals surface area contributed by atoms with Crippen molar-refractivity contribution in [2.24, 2.45) is 5.92 Å². The van der Waals surface area contributed by atoms with E-state index in [1.807, 2.05) is 30.3 Å². The summed E-state index contributed by atoms with van der Waals surface area (Å²) >= 11 is 0. The first-order chi connectivity index (χ1) is 12.6. The second-order valence-corrected chi connectivity index (χ2v) is 6.63. The van der Waals surface area contributed by atoms with Gasteiger partial charge in [-0.15, -0.1) is 0 Å². The number of aromatic nitrogens is 1. The molecule has 2 amide bonds. The van der Waals surface area contributed by atoms with E-state index < -0.39 is 0 Å². The van der Waals surface area contributed by atoms with Gasteiger partial charge >= 0.3 is 0 Å². The van der Waals surface area contributed by atoms with Crippen LogP contribution in [0.25, 0.3) is 0 Å². The standard InChI is InChI=1S/C19H24N4O3/c1-14-11-18(26-22-14)21-17(24)13-23-9-7-16(8-10-23)19(25)20-12-15-5-3-2-4-6-15/h2-6,11,16H,7-10,12-13H2,1H3,(H,20,25)(H,21,24). The van der Waals surface area contributed by atoms with E-state index in [1.165, 1.54) is 0 Å². The number of nitrogens with zero attached hydrogens (tertiary/aromatic N) is 2. The highest BCUT2D eigenvalue weighted by Crippen LogP contribution is 2.18. The van der Waals surface area contributed by atoms with Crippen LogP contribution in [0, 0.1) is 12.8 Å². The van der Waals surface area contributed by atoms with E-state index in [-0.39, 0.29) is 24.3 Å². The third kappa shape index (κ3) is 5.16. The second kappa shape index (κ2) is 8.62. The maximum atomic E-state index is 12.3. The molecule has 1 fully saturated rings. The average Bonchev–Trinajstić information content (AvgIpc) is 3.05. The summed E-state index contributed by atoms with van der Waals surface area (Å²) in [5.74, 6) is 0.334. The lowest BCUT2D eigenvalue weighted by Gasteiger charge is -2.30. The Morgan fingerprint density at radius 3 is 2.62 bits per heavy atom. The van der Waals surface area contributed by atoms with Gasteiger partial charge in [0.25, 0.3) is 0 Å². The third-order valence-electron chi connectivity index (χ3n) is 4.53. The Balaban J connectivity index is 1.38. The zero-order chi connectivity index (χ0) is 18.4. The van der Waals surface area contributed by atoms with Crippen molar-refractivity contribution < 1.29 is 14.1 Å². The van der Waals surface area contributed by atoms with Crippen LogP contribution in [0.15, 0.2) is 40.9 Å². The molecule has 26 heavy (non-hydrogen) atoms. The highest BCUT2D eigenvalue weighted by molar-refractivity contribution is 5.91. The molecule has 1 aliphatic heterocycles. The number of amides is 2. The molecule has 0 unspecified atom stereocenters. The van der Waals surface area contributed by atoms with Gasteiger partial charge in [0, 0.05) is 18.5 Å². The van der Waals surface area contributed by atoms with Gasteiger partial charge in [0.1, 0.15) is 0 Å². The fraction of sp³-hybridized carbons (Fsp3) is 0.421. The molecule has 1 aliphatic rings. The van der Waals surface area contributed by atoms with Crippen molar-refractivity contribution >= 4 is 17.7 Å². The molecule has 2 heterocycles. The van der Waals surface area contributed by atoms with Crippen LogP contribution in [0.4, 0.5) is 5.88 Å². The van der Waals surface area contributed by atoms with Crippen molar-refractivity contribution in [3.05, 3.63) is 47.7 Å². The van der Waals surface area contributed by atoms with Gasteiger partial charge in [-0.2, -0.15) is 0 Å². The first kappa shape index (κ1) is 18.1. The van der Waals surface area contributed by atoms with E-state index in [9.17, 15) is 9.59 Å². The Morgan fingerprint density at radius 2 is 1.96 bits per heavy atom. The lowest BCUT2D eigenvalue weighted by molar-refractivity contribution is -0.126. The summed E-state index contributed by atoms with van der Waals surface area (Å²) < 4.78 is 4.98. The normalized spacial score (nSPS) is 15.6. The minimum absolute atomic E-state index is 0.00921. The predicted octanol–water partition coefficient (Wildman–Crippen LogP) is 1.95. The summed E-state index contributed by atoms with van der Waals surface area (Å²) in [5.41, 5.74) is 1.82. The van der Waals surface area contributed by atoms with E-state index in [2.05, 4.69) is 20.7 Å². The smallest absolute Gasteiger partial charge is 0.240 e. The highest BCUT2D eigenvalue weighted by atomic mass is 16.5. The Morgan fingerprint density at radius 1 is 1.23 bits per heavy atom. The van der Waals surface area contributed by atoms with Crippen LogP contribution in [-0.2, 0) is 16.1 Å². The van der Waals surface area contributed by atoms with Crippen LogP contribution in [0.2, 0.25) is 0 Å². The number of likely N-dealkylation sites (tertiary alicyclic amines) is 1. The van der Waals surface area contributed by atoms with Crippen LogP contribution in [0.1, 0.15) is 24.1 Å². The molecule has 1 aromatic heterocycles. The number of carbonyl (C=O) groups excluding carboxylic acids is 2. The monoisotopic (exact) mass is 356 g/mol. The van der Waals surface area contributed by atoms with Gasteiger partial charge in [0.15, 0.2) is 0 Å². The number of piperidine rings is 1. The molecule has 1 aromatic carbocycles. The van der Waals surface area contributed by atoms with Gasteiger partial charge in [-0.25, -0.2) is 0 Å². The number of hydrogen-bond donors (Lipinski definition) is 2. The average molecular weight is 356 g/mol. The molecule has 3 rings (SSSR count). The number of nitrogens with one attached hydrogen (secondary N) is 2. The number of anilines is 1. The van der Waals surface area contributed by atoms with Crippen molar-refractivity contribution in [1.82, 2.24) is 15.4 Å². The van der Waals surface area contributed by atoms with Crippen molar-refractivity contribution in [2.75, 3.05) is 25.0 Å². The SMILES string of the molecule is Cc1cc(NC(=O)CN2CCC(C(=O)NCc3ccccc3)CC2)on1. The van der Waals surface area contributed by atoms with Crippen molar-refractivity contribution in [1.29, 1.82) is 0 Å². The summed E-state index contributed by atoms with van der Waals surface area (Å²) in [6.45, 7) is 4.10. The largest absolute Gasteiger partial charge is 0.352 e. The summed E-state index contributed by atoms with van der Waals surface area (Å²) in [4.78, 5) is 26.4. The van der Waals surface area contributed by atoms with E-state index in [0.717, 1.165) is 37.2 Å². The molecule has 0 radical (unpaired) electrons. The minimum atomic E-state index is -0.131. The van der Waals surface area contributed by atoms with Gasteiger partial charge in [0.2, 0.25) is 17.7 Å². The fourth-order valence-corrected chi connectivity index (χ4v) is 3.09. The second-order valence-electron chi connectivity index (χ2n) is 6.63. The maximum Gasteiger partial charge on any atom is 0.240 e. The molecule has 0 bridgehead atoms. The number of carbonyl (C=O) groups is 2. The molecule has 0 aliphatic carbocycles. The molecule has 1 saturated heterocycles. The molecule has 2 N–H and O–H groups in total. The molecule has 7 heteroatoms. The zero-order valence-corrected chi connectivity index (χ0v) is 14.9. The molecule has 0 atom stereocenters. The van der Waals surface area contributed by atoms with E-state index in [1.54, 1.807) is 13.0 Å². The Bertz CT molecular complexity index is 736. The molecule has 0 spiro atoms. The number of benzene rings is 1. The molecular formula is C19H24N4O3. The first-order valence-corrected chi connectivity index (χ1v) is 8.87. The van der Waals surface area contributed by atoms with Gasteiger partial charge in [-0.1, -0.05) is 35.5 Å². The highest BCUT2D eigenvalue weighted by Gasteiger charge is 2.25. The number of hydrogen-bond acceptors (Lipinski definition) is 5. The lowest BCUT2D eigenvalue weighted by atomic mass is 9.96. The van der Waals surface area contributed by atoms with Crippen molar-refractivity contribution in [2.45, 2.75) is 26.3 Å². The Kier molecular flexibility index (Phi) is 6.01. The predicted molar refractivity (Wildman–Crippen MR) is 97.3 cm³/mol. The first-order valence-electron chi connectivity index (χ1n) is 8.87.